The van der Waals surface area contributed by atoms with Gasteiger partial charge in [-0.1, -0.05) is 0 Å². The van der Waals surface area contributed by atoms with E-state index in [1.807, 2.05) is 0 Å². The molecule has 6 nitrogen and oxygen atoms in total. The average Bonchev–Trinajstić information content (AvgIpc) is 2.56. The van der Waals surface area contributed by atoms with E-state index in [0.29, 0.717) is 24.5 Å². The minimum Gasteiger partial charge on any atom is -0.497 e. The highest BCUT2D eigenvalue weighted by Gasteiger charge is 2.03. The number of hydrogen-bond acceptors (Lipinski definition) is 6. The number of hydrogen-bond donors (Lipinski definition) is 0. The van der Waals surface area contributed by atoms with E-state index in [1.54, 1.807) is 31.4 Å². The number of esters is 1. The molecule has 0 amide bonds. The van der Waals surface area contributed by atoms with Crippen molar-refractivity contribution in [1.29, 1.82) is 0 Å². The Balaban J connectivity index is 2.34. The summed E-state index contributed by atoms with van der Waals surface area (Å²) in [5.74, 6) is 3.78. The van der Waals surface area contributed by atoms with Crippen LogP contribution >= 0.6 is 0 Å². The highest BCUT2D eigenvalue weighted by molar-refractivity contribution is 6.11. The van der Waals surface area contributed by atoms with Crippen LogP contribution in [0.4, 0.5) is 0 Å². The molecular weight excluding hydrogens is 288 g/mol. The summed E-state index contributed by atoms with van der Waals surface area (Å²) in [6, 6.07) is 6.44. The molecule has 0 aliphatic heterocycles. The van der Waals surface area contributed by atoms with Gasteiger partial charge in [-0.3, -0.25) is 4.79 Å². The summed E-state index contributed by atoms with van der Waals surface area (Å²) in [6.07, 6.45) is 0. The molecule has 1 aromatic carbocycles. The molecule has 1 rings (SSSR count). The quantitative estimate of drug-likeness (QED) is 0.179. The van der Waals surface area contributed by atoms with Crippen molar-refractivity contribution in [2.75, 3.05) is 40.6 Å². The lowest BCUT2D eigenvalue weighted by atomic mass is 10.1. The Hall–Kier alpha value is -2.36. The van der Waals surface area contributed by atoms with Crippen LogP contribution in [-0.4, -0.2) is 52.4 Å². The number of ketones is 1. The molecule has 0 atom stereocenters. The van der Waals surface area contributed by atoms with Gasteiger partial charge in [-0.25, -0.2) is 4.79 Å². The first-order chi connectivity index (χ1) is 10.7. The number of ether oxygens (including phenoxy) is 4. The van der Waals surface area contributed by atoms with E-state index in [0.717, 1.165) is 0 Å². The molecule has 6 heteroatoms. The van der Waals surface area contributed by atoms with Crippen molar-refractivity contribution in [3.63, 3.8) is 0 Å². The van der Waals surface area contributed by atoms with Crippen LogP contribution in [0.1, 0.15) is 10.4 Å². The van der Waals surface area contributed by atoms with Gasteiger partial charge in [0.05, 0.1) is 26.9 Å². The van der Waals surface area contributed by atoms with Gasteiger partial charge in [0.2, 0.25) is 5.78 Å². The van der Waals surface area contributed by atoms with Crippen LogP contribution in [0.25, 0.3) is 0 Å². The van der Waals surface area contributed by atoms with Crippen molar-refractivity contribution in [1.82, 2.24) is 0 Å². The van der Waals surface area contributed by atoms with E-state index in [2.05, 4.69) is 11.8 Å². The van der Waals surface area contributed by atoms with Crippen LogP contribution in [0.15, 0.2) is 24.3 Å². The van der Waals surface area contributed by atoms with Gasteiger partial charge in [-0.15, -0.1) is 0 Å². The van der Waals surface area contributed by atoms with Crippen molar-refractivity contribution in [3.8, 4) is 17.6 Å². The van der Waals surface area contributed by atoms with Crippen LogP contribution in [-0.2, 0) is 19.0 Å². The third-order valence-electron chi connectivity index (χ3n) is 2.52. The van der Waals surface area contributed by atoms with Crippen molar-refractivity contribution in [2.24, 2.45) is 0 Å². The number of rotatable bonds is 8. The Labute approximate surface area is 129 Å². The third kappa shape index (κ3) is 6.88. The number of carbonyl (C=O) groups is 2. The highest BCUT2D eigenvalue weighted by atomic mass is 16.6. The maximum atomic E-state index is 11.7. The van der Waals surface area contributed by atoms with Crippen LogP contribution in [0.5, 0.6) is 5.75 Å². The summed E-state index contributed by atoms with van der Waals surface area (Å²) in [5.41, 5.74) is 0.379. The molecule has 0 spiro atoms. The fourth-order valence-electron chi connectivity index (χ4n) is 1.40. The summed E-state index contributed by atoms with van der Waals surface area (Å²) < 4.78 is 19.7. The molecule has 0 aromatic heterocycles. The standard InChI is InChI=1S/C16H18O6/c1-19-9-10-21-11-12-22-16(18)8-7-15(17)13-3-5-14(20-2)6-4-13/h3-6H,9-12H2,1-2H3. The molecule has 0 bridgehead atoms. The van der Waals surface area contributed by atoms with E-state index in [1.165, 1.54) is 7.11 Å². The second kappa shape index (κ2) is 10.4. The molecule has 0 aliphatic rings. The first-order valence-electron chi connectivity index (χ1n) is 6.61. The van der Waals surface area contributed by atoms with Gasteiger partial charge in [0.15, 0.2) is 0 Å². The van der Waals surface area contributed by atoms with Crippen LogP contribution < -0.4 is 4.74 Å². The first kappa shape index (κ1) is 17.7. The fraction of sp³-hybridized carbons (Fsp3) is 0.375. The minimum absolute atomic E-state index is 0.0773. The molecule has 0 unspecified atom stereocenters. The largest absolute Gasteiger partial charge is 0.497 e. The first-order valence-corrected chi connectivity index (χ1v) is 6.61. The van der Waals surface area contributed by atoms with E-state index in [9.17, 15) is 9.59 Å². The molecule has 0 aliphatic carbocycles. The molecule has 0 saturated heterocycles. The zero-order chi connectivity index (χ0) is 16.2. The molecular formula is C16H18O6. The van der Waals surface area contributed by atoms with Gasteiger partial charge in [0.1, 0.15) is 12.4 Å². The zero-order valence-electron chi connectivity index (χ0n) is 12.6. The SMILES string of the molecule is COCCOCCOC(=O)C#CC(=O)c1ccc(OC)cc1. The Bertz CT molecular complexity index is 538. The van der Waals surface area contributed by atoms with Gasteiger partial charge in [0.25, 0.3) is 0 Å². The summed E-state index contributed by atoms with van der Waals surface area (Å²) in [6.45, 7) is 1.23. The maximum absolute atomic E-state index is 11.7. The smallest absolute Gasteiger partial charge is 0.384 e. The normalized spacial score (nSPS) is 9.55. The number of benzene rings is 1. The second-order valence-corrected chi connectivity index (χ2v) is 4.05. The molecule has 0 radical (unpaired) electrons. The Morgan fingerprint density at radius 3 is 2.27 bits per heavy atom. The van der Waals surface area contributed by atoms with Crippen molar-refractivity contribution >= 4 is 11.8 Å². The predicted octanol–water partition coefficient (Wildman–Crippen LogP) is 1.09. The molecule has 0 N–H and O–H groups in total. The van der Waals surface area contributed by atoms with Gasteiger partial charge < -0.3 is 18.9 Å². The molecule has 0 heterocycles. The maximum Gasteiger partial charge on any atom is 0.384 e. The van der Waals surface area contributed by atoms with Gasteiger partial charge >= 0.3 is 5.97 Å². The fourth-order valence-corrected chi connectivity index (χ4v) is 1.40. The molecule has 0 saturated carbocycles. The number of carbonyl (C=O) groups excluding carboxylic acids is 2. The van der Waals surface area contributed by atoms with Crippen molar-refractivity contribution in [2.45, 2.75) is 0 Å². The molecule has 22 heavy (non-hydrogen) atoms. The Kier molecular flexibility index (Phi) is 8.35. The predicted molar refractivity (Wildman–Crippen MR) is 78.8 cm³/mol. The third-order valence-corrected chi connectivity index (χ3v) is 2.52. The lowest BCUT2D eigenvalue weighted by molar-refractivity contribution is -0.138. The lowest BCUT2D eigenvalue weighted by Crippen LogP contribution is -2.11. The van der Waals surface area contributed by atoms with E-state index < -0.39 is 11.8 Å². The molecule has 1 aromatic rings. The minimum atomic E-state index is -0.766. The van der Waals surface area contributed by atoms with Crippen molar-refractivity contribution < 1.29 is 28.5 Å². The molecule has 0 fully saturated rings. The second-order valence-electron chi connectivity index (χ2n) is 4.05. The van der Waals surface area contributed by atoms with Gasteiger partial charge in [0, 0.05) is 18.6 Å². The number of Topliss-reactive ketones (excluding diaryl/α,β-unsaturated/α-hetero) is 1. The summed E-state index contributed by atoms with van der Waals surface area (Å²) >= 11 is 0. The van der Waals surface area contributed by atoms with Gasteiger partial charge in [-0.05, 0) is 30.2 Å². The lowest BCUT2D eigenvalue weighted by Gasteiger charge is -2.02. The van der Waals surface area contributed by atoms with Gasteiger partial charge in [-0.2, -0.15) is 0 Å². The summed E-state index contributed by atoms with van der Waals surface area (Å²) in [5, 5.41) is 0. The Morgan fingerprint density at radius 1 is 0.955 bits per heavy atom. The summed E-state index contributed by atoms with van der Waals surface area (Å²) in [4.78, 5) is 23.1. The zero-order valence-corrected chi connectivity index (χ0v) is 12.6. The summed E-state index contributed by atoms with van der Waals surface area (Å²) in [7, 11) is 3.10. The topological polar surface area (TPSA) is 71.1 Å². The van der Waals surface area contributed by atoms with E-state index in [-0.39, 0.29) is 13.2 Å². The van der Waals surface area contributed by atoms with Crippen LogP contribution in [0.2, 0.25) is 0 Å². The monoisotopic (exact) mass is 306 g/mol. The van der Waals surface area contributed by atoms with E-state index in [4.69, 9.17) is 18.9 Å². The molecule has 118 valence electrons. The van der Waals surface area contributed by atoms with Crippen LogP contribution in [0.3, 0.4) is 0 Å². The highest BCUT2D eigenvalue weighted by Crippen LogP contribution is 2.11. The number of methoxy groups -OCH3 is 2. The average molecular weight is 306 g/mol. The Morgan fingerprint density at radius 2 is 1.64 bits per heavy atom. The van der Waals surface area contributed by atoms with Crippen LogP contribution in [0, 0.1) is 11.8 Å². The van der Waals surface area contributed by atoms with Crippen molar-refractivity contribution in [3.05, 3.63) is 29.8 Å². The van der Waals surface area contributed by atoms with E-state index >= 15 is 0 Å².